The molecule has 5 nitrogen and oxygen atoms in total. The van der Waals surface area contributed by atoms with E-state index in [1.807, 2.05) is 0 Å². The molecule has 2 heterocycles. The van der Waals surface area contributed by atoms with Gasteiger partial charge in [0.15, 0.2) is 11.3 Å². The number of carbonyl (C=O) groups excluding carboxylic acids is 1. The lowest BCUT2D eigenvalue weighted by atomic mass is 10.4. The van der Waals surface area contributed by atoms with E-state index >= 15 is 0 Å². The first-order chi connectivity index (χ1) is 7.68. The Hall–Kier alpha value is -0.980. The van der Waals surface area contributed by atoms with E-state index in [1.54, 1.807) is 20.3 Å². The summed E-state index contributed by atoms with van der Waals surface area (Å²) in [6.07, 6.45) is 2.21. The lowest BCUT2D eigenvalue weighted by molar-refractivity contribution is -0.181. The third kappa shape index (κ3) is 2.40. The number of hydrogen-bond donors (Lipinski definition) is 0. The molecule has 1 aromatic rings. The van der Waals surface area contributed by atoms with Gasteiger partial charge in [-0.1, -0.05) is 0 Å². The summed E-state index contributed by atoms with van der Waals surface area (Å²) >= 11 is 1.32. The normalized spacial score (nSPS) is 17.4. The Morgan fingerprint density at radius 2 is 2.19 bits per heavy atom. The van der Waals surface area contributed by atoms with Crippen LogP contribution in [0.1, 0.15) is 27.4 Å². The molecular formula is C10H14N2O3S. The Balaban J connectivity index is 2.09. The monoisotopic (exact) mass is 242 g/mol. The van der Waals surface area contributed by atoms with Crippen molar-refractivity contribution in [2.24, 2.45) is 0 Å². The Morgan fingerprint density at radius 3 is 2.81 bits per heavy atom. The summed E-state index contributed by atoms with van der Waals surface area (Å²) in [4.78, 5) is 18.1. The molecule has 0 aromatic carbocycles. The average Bonchev–Trinajstić information content (AvgIpc) is 2.78. The molecule has 0 atom stereocenters. The minimum atomic E-state index is -0.352. The molecule has 1 aliphatic rings. The van der Waals surface area contributed by atoms with Crippen molar-refractivity contribution in [3.05, 3.63) is 16.1 Å². The summed E-state index contributed by atoms with van der Waals surface area (Å²) in [6, 6.07) is 0. The maximum absolute atomic E-state index is 11.6. The fraction of sp³-hybridized carbons (Fsp3) is 0.600. The van der Waals surface area contributed by atoms with Gasteiger partial charge in [0.1, 0.15) is 0 Å². The fourth-order valence-electron chi connectivity index (χ4n) is 1.34. The van der Waals surface area contributed by atoms with Crippen LogP contribution < -0.4 is 0 Å². The van der Waals surface area contributed by atoms with Crippen molar-refractivity contribution in [3.63, 3.8) is 0 Å². The highest BCUT2D eigenvalue weighted by molar-refractivity contribution is 7.13. The molecule has 0 unspecified atom stereocenters. The SMILES string of the molecule is CN(C)C(=O)c1ncc(C2OCCCO2)s1. The molecule has 0 N–H and O–H groups in total. The van der Waals surface area contributed by atoms with Gasteiger partial charge in [0.05, 0.1) is 18.1 Å². The summed E-state index contributed by atoms with van der Waals surface area (Å²) in [7, 11) is 3.41. The van der Waals surface area contributed by atoms with Crippen molar-refractivity contribution in [2.45, 2.75) is 12.7 Å². The lowest BCUT2D eigenvalue weighted by Gasteiger charge is -2.21. The zero-order valence-electron chi connectivity index (χ0n) is 9.30. The van der Waals surface area contributed by atoms with Crippen molar-refractivity contribution < 1.29 is 14.3 Å². The van der Waals surface area contributed by atoms with Gasteiger partial charge in [-0.25, -0.2) is 4.98 Å². The van der Waals surface area contributed by atoms with Crippen LogP contribution in [0.5, 0.6) is 0 Å². The van der Waals surface area contributed by atoms with Gasteiger partial charge in [0, 0.05) is 20.3 Å². The van der Waals surface area contributed by atoms with Crippen LogP contribution in [0.4, 0.5) is 0 Å². The van der Waals surface area contributed by atoms with E-state index in [1.165, 1.54) is 16.2 Å². The zero-order chi connectivity index (χ0) is 11.5. The van der Waals surface area contributed by atoms with Crippen LogP contribution >= 0.6 is 11.3 Å². The van der Waals surface area contributed by atoms with Crippen molar-refractivity contribution in [1.29, 1.82) is 0 Å². The van der Waals surface area contributed by atoms with E-state index in [4.69, 9.17) is 9.47 Å². The Morgan fingerprint density at radius 1 is 1.50 bits per heavy atom. The first-order valence-electron chi connectivity index (χ1n) is 5.09. The summed E-state index contributed by atoms with van der Waals surface area (Å²) in [6.45, 7) is 1.39. The molecular weight excluding hydrogens is 228 g/mol. The predicted molar refractivity (Wildman–Crippen MR) is 59.4 cm³/mol. The number of ether oxygens (including phenoxy) is 2. The Bertz CT molecular complexity index is 372. The summed E-state index contributed by atoms with van der Waals surface area (Å²) < 4.78 is 10.9. The average molecular weight is 242 g/mol. The van der Waals surface area contributed by atoms with Crippen LogP contribution in [0.2, 0.25) is 0 Å². The predicted octanol–water partition coefficient (Wildman–Crippen LogP) is 1.28. The minimum Gasteiger partial charge on any atom is -0.348 e. The highest BCUT2D eigenvalue weighted by atomic mass is 32.1. The highest BCUT2D eigenvalue weighted by Gasteiger charge is 2.21. The quantitative estimate of drug-likeness (QED) is 0.784. The highest BCUT2D eigenvalue weighted by Crippen LogP contribution is 2.27. The van der Waals surface area contributed by atoms with Gasteiger partial charge < -0.3 is 14.4 Å². The number of nitrogens with zero attached hydrogens (tertiary/aromatic N) is 2. The van der Waals surface area contributed by atoms with Gasteiger partial charge in [-0.2, -0.15) is 0 Å². The smallest absolute Gasteiger partial charge is 0.282 e. The lowest BCUT2D eigenvalue weighted by Crippen LogP contribution is -2.21. The molecule has 2 rings (SSSR count). The number of thiazole rings is 1. The van der Waals surface area contributed by atoms with Gasteiger partial charge in [-0.15, -0.1) is 11.3 Å². The summed E-state index contributed by atoms with van der Waals surface area (Å²) in [5.41, 5.74) is 0. The molecule has 0 radical (unpaired) electrons. The molecule has 88 valence electrons. The molecule has 0 aliphatic carbocycles. The van der Waals surface area contributed by atoms with Gasteiger partial charge >= 0.3 is 0 Å². The van der Waals surface area contributed by atoms with E-state index < -0.39 is 0 Å². The van der Waals surface area contributed by atoms with Crippen LogP contribution in [-0.2, 0) is 9.47 Å². The summed E-state index contributed by atoms with van der Waals surface area (Å²) in [5, 5.41) is 0.470. The molecule has 1 saturated heterocycles. The summed E-state index contributed by atoms with van der Waals surface area (Å²) in [5.74, 6) is -0.0907. The molecule has 16 heavy (non-hydrogen) atoms. The van der Waals surface area contributed by atoms with Crippen LogP contribution in [0.25, 0.3) is 0 Å². The topological polar surface area (TPSA) is 51.7 Å². The molecule has 0 spiro atoms. The van der Waals surface area contributed by atoms with Crippen LogP contribution in [0, 0.1) is 0 Å². The van der Waals surface area contributed by atoms with Gasteiger partial charge in [0.2, 0.25) is 0 Å². The van der Waals surface area contributed by atoms with Crippen molar-refractivity contribution >= 4 is 17.2 Å². The molecule has 1 amide bonds. The van der Waals surface area contributed by atoms with E-state index in [0.717, 1.165) is 11.3 Å². The standard InChI is InChI=1S/C10H14N2O3S/c1-12(2)9(13)8-11-6-7(16-8)10-14-4-3-5-15-10/h6,10H,3-5H2,1-2H3. The van der Waals surface area contributed by atoms with E-state index in [0.29, 0.717) is 18.2 Å². The Kier molecular flexibility index (Phi) is 3.52. The van der Waals surface area contributed by atoms with E-state index in [-0.39, 0.29) is 12.2 Å². The second kappa shape index (κ2) is 4.90. The third-order valence-corrected chi connectivity index (χ3v) is 3.18. The van der Waals surface area contributed by atoms with Crippen LogP contribution in [0.15, 0.2) is 6.20 Å². The number of rotatable bonds is 2. The van der Waals surface area contributed by atoms with Gasteiger partial charge in [-0.3, -0.25) is 4.79 Å². The first-order valence-corrected chi connectivity index (χ1v) is 5.90. The van der Waals surface area contributed by atoms with Crippen molar-refractivity contribution in [1.82, 2.24) is 9.88 Å². The zero-order valence-corrected chi connectivity index (χ0v) is 10.1. The van der Waals surface area contributed by atoms with Gasteiger partial charge in [-0.05, 0) is 6.42 Å². The first kappa shape index (κ1) is 11.5. The maximum atomic E-state index is 11.6. The second-order valence-electron chi connectivity index (χ2n) is 3.69. The van der Waals surface area contributed by atoms with Crippen molar-refractivity contribution in [3.8, 4) is 0 Å². The fourth-order valence-corrected chi connectivity index (χ4v) is 2.27. The molecule has 0 bridgehead atoms. The van der Waals surface area contributed by atoms with Crippen molar-refractivity contribution in [2.75, 3.05) is 27.3 Å². The second-order valence-corrected chi connectivity index (χ2v) is 4.76. The van der Waals surface area contributed by atoms with E-state index in [9.17, 15) is 4.79 Å². The van der Waals surface area contributed by atoms with Gasteiger partial charge in [0.25, 0.3) is 5.91 Å². The third-order valence-electron chi connectivity index (χ3n) is 2.17. The minimum absolute atomic E-state index is 0.0907. The molecule has 1 aliphatic heterocycles. The Labute approximate surface area is 98.0 Å². The largest absolute Gasteiger partial charge is 0.348 e. The number of carbonyl (C=O) groups is 1. The number of amides is 1. The molecule has 1 fully saturated rings. The molecule has 0 saturated carbocycles. The number of hydrogen-bond acceptors (Lipinski definition) is 5. The molecule has 6 heteroatoms. The van der Waals surface area contributed by atoms with Crippen LogP contribution in [-0.4, -0.2) is 43.1 Å². The maximum Gasteiger partial charge on any atom is 0.282 e. The number of aromatic nitrogens is 1. The van der Waals surface area contributed by atoms with E-state index in [2.05, 4.69) is 4.98 Å². The van der Waals surface area contributed by atoms with Crippen LogP contribution in [0.3, 0.4) is 0 Å². The molecule has 1 aromatic heterocycles.